The van der Waals surface area contributed by atoms with Gasteiger partial charge in [-0.1, -0.05) is 42.5 Å². The van der Waals surface area contributed by atoms with Crippen LogP contribution in [0.4, 0.5) is 0 Å². The lowest BCUT2D eigenvalue weighted by Crippen LogP contribution is -1.93. The lowest BCUT2D eigenvalue weighted by molar-refractivity contribution is 0.669. The van der Waals surface area contributed by atoms with Crippen molar-refractivity contribution < 1.29 is 4.42 Å². The first-order valence-electron chi connectivity index (χ1n) is 13.6. The Kier molecular flexibility index (Phi) is 5.19. The second kappa shape index (κ2) is 9.20. The predicted octanol–water partition coefficient (Wildman–Crippen LogP) is 9.16. The van der Waals surface area contributed by atoms with E-state index in [0.29, 0.717) is 11.1 Å². The summed E-state index contributed by atoms with van der Waals surface area (Å²) in [5.41, 5.74) is 9.48. The minimum Gasteiger partial charge on any atom is -0.456 e. The van der Waals surface area contributed by atoms with Gasteiger partial charge in [-0.15, -0.1) is 0 Å². The lowest BCUT2D eigenvalue weighted by atomic mass is 9.98. The zero-order chi connectivity index (χ0) is 28.2. The van der Waals surface area contributed by atoms with Crippen molar-refractivity contribution in [2.24, 2.45) is 0 Å². The summed E-state index contributed by atoms with van der Waals surface area (Å²) < 4.78 is 8.56. The van der Waals surface area contributed by atoms with Crippen molar-refractivity contribution in [1.29, 1.82) is 10.5 Å². The van der Waals surface area contributed by atoms with Crippen LogP contribution in [-0.2, 0) is 0 Å². The molecule has 0 spiro atoms. The van der Waals surface area contributed by atoms with Gasteiger partial charge in [0, 0.05) is 50.8 Å². The molecule has 194 valence electrons. The van der Waals surface area contributed by atoms with Gasteiger partial charge < -0.3 is 8.98 Å². The molecular formula is C37H20N4O. The summed E-state index contributed by atoms with van der Waals surface area (Å²) in [7, 11) is 0. The van der Waals surface area contributed by atoms with Crippen LogP contribution < -0.4 is 0 Å². The number of benzene rings is 5. The van der Waals surface area contributed by atoms with Gasteiger partial charge in [0.2, 0.25) is 0 Å². The molecule has 0 N–H and O–H groups in total. The quantitative estimate of drug-likeness (QED) is 0.225. The molecule has 42 heavy (non-hydrogen) atoms. The molecule has 8 aromatic rings. The molecule has 8 rings (SSSR count). The Bertz CT molecular complexity index is 2360. The molecule has 0 saturated carbocycles. The van der Waals surface area contributed by atoms with Gasteiger partial charge >= 0.3 is 0 Å². The van der Waals surface area contributed by atoms with Crippen LogP contribution >= 0.6 is 0 Å². The Morgan fingerprint density at radius 2 is 1.12 bits per heavy atom. The number of pyridine rings is 1. The zero-order valence-corrected chi connectivity index (χ0v) is 22.2. The Morgan fingerprint density at radius 3 is 1.79 bits per heavy atom. The summed E-state index contributed by atoms with van der Waals surface area (Å²) in [4.78, 5) is 4.49. The van der Waals surface area contributed by atoms with E-state index in [4.69, 9.17) is 4.42 Å². The molecule has 5 aromatic carbocycles. The van der Waals surface area contributed by atoms with Crippen molar-refractivity contribution in [2.75, 3.05) is 0 Å². The fraction of sp³-hybridized carbons (Fsp3) is 0. The zero-order valence-electron chi connectivity index (χ0n) is 22.2. The minimum atomic E-state index is 0.444. The molecule has 0 aliphatic heterocycles. The van der Waals surface area contributed by atoms with E-state index in [1.807, 2.05) is 30.5 Å². The molecule has 3 heterocycles. The highest BCUT2D eigenvalue weighted by atomic mass is 16.3. The number of furan rings is 1. The first-order valence-corrected chi connectivity index (χ1v) is 13.6. The maximum atomic E-state index is 9.43. The molecule has 0 amide bonds. The molecule has 0 aliphatic carbocycles. The average Bonchev–Trinajstić information content (AvgIpc) is 3.59. The number of fused-ring (bicyclic) bond motifs is 6. The monoisotopic (exact) mass is 536 g/mol. The smallest absolute Gasteiger partial charge is 0.135 e. The van der Waals surface area contributed by atoms with Gasteiger partial charge in [-0.25, -0.2) is 0 Å². The highest BCUT2D eigenvalue weighted by Gasteiger charge is 2.15. The molecule has 3 aromatic heterocycles. The van der Waals surface area contributed by atoms with Crippen LogP contribution in [0.1, 0.15) is 11.1 Å². The molecule has 0 atom stereocenters. The van der Waals surface area contributed by atoms with E-state index >= 15 is 0 Å². The van der Waals surface area contributed by atoms with Gasteiger partial charge in [0.05, 0.1) is 34.3 Å². The summed E-state index contributed by atoms with van der Waals surface area (Å²) in [5.74, 6) is 0. The number of rotatable bonds is 3. The summed E-state index contributed by atoms with van der Waals surface area (Å²) >= 11 is 0. The van der Waals surface area contributed by atoms with Gasteiger partial charge in [0.25, 0.3) is 0 Å². The number of nitriles is 2. The average molecular weight is 537 g/mol. The molecule has 0 unspecified atom stereocenters. The fourth-order valence-corrected chi connectivity index (χ4v) is 5.96. The van der Waals surface area contributed by atoms with Crippen molar-refractivity contribution in [3.05, 3.63) is 133 Å². The Morgan fingerprint density at radius 1 is 0.524 bits per heavy atom. The Balaban J connectivity index is 1.28. The van der Waals surface area contributed by atoms with Crippen molar-refractivity contribution >= 4 is 43.7 Å². The predicted molar refractivity (Wildman–Crippen MR) is 166 cm³/mol. The third kappa shape index (κ3) is 3.66. The first-order chi connectivity index (χ1) is 20.7. The van der Waals surface area contributed by atoms with Gasteiger partial charge in [0.1, 0.15) is 11.2 Å². The van der Waals surface area contributed by atoms with E-state index in [1.165, 1.54) is 10.8 Å². The van der Waals surface area contributed by atoms with E-state index in [0.717, 1.165) is 60.9 Å². The number of aromatic nitrogens is 2. The van der Waals surface area contributed by atoms with Crippen LogP contribution in [0.3, 0.4) is 0 Å². The van der Waals surface area contributed by atoms with Crippen molar-refractivity contribution in [3.8, 4) is 40.1 Å². The minimum absolute atomic E-state index is 0.444. The summed E-state index contributed by atoms with van der Waals surface area (Å²) in [6.45, 7) is 0. The third-order valence-corrected chi connectivity index (χ3v) is 7.89. The fourth-order valence-electron chi connectivity index (χ4n) is 5.96. The number of nitrogens with zero attached hydrogens (tertiary/aromatic N) is 4. The van der Waals surface area contributed by atoms with Crippen molar-refractivity contribution in [2.45, 2.75) is 0 Å². The Labute approximate surface area is 240 Å². The van der Waals surface area contributed by atoms with E-state index in [1.54, 1.807) is 24.4 Å². The highest BCUT2D eigenvalue weighted by molar-refractivity contribution is 6.11. The van der Waals surface area contributed by atoms with E-state index < -0.39 is 0 Å². The van der Waals surface area contributed by atoms with Crippen LogP contribution in [0.25, 0.3) is 71.7 Å². The molecule has 5 heteroatoms. The van der Waals surface area contributed by atoms with E-state index in [2.05, 4.69) is 88.4 Å². The molecule has 0 bridgehead atoms. The largest absolute Gasteiger partial charge is 0.456 e. The summed E-state index contributed by atoms with van der Waals surface area (Å²) in [6, 6.07) is 41.0. The lowest BCUT2D eigenvalue weighted by Gasteiger charge is -2.08. The topological polar surface area (TPSA) is 78.5 Å². The number of hydrogen-bond donors (Lipinski definition) is 0. The maximum absolute atomic E-state index is 9.43. The van der Waals surface area contributed by atoms with Crippen LogP contribution in [0.15, 0.2) is 126 Å². The van der Waals surface area contributed by atoms with Gasteiger partial charge in [0.15, 0.2) is 0 Å². The third-order valence-electron chi connectivity index (χ3n) is 7.89. The second-order valence-corrected chi connectivity index (χ2v) is 10.3. The SMILES string of the molecule is N#Cc1cc(C#N)cc(-c2cncc(-c3ccc4oc5ccc(-n6c7ccccc7c7ccccc76)cc5c4c3)c2)c1. The second-order valence-electron chi connectivity index (χ2n) is 10.3. The highest BCUT2D eigenvalue weighted by Crippen LogP contribution is 2.37. The molecule has 0 fully saturated rings. The van der Waals surface area contributed by atoms with Gasteiger partial charge in [-0.05, 0) is 77.9 Å². The van der Waals surface area contributed by atoms with E-state index in [9.17, 15) is 10.5 Å². The molecular weight excluding hydrogens is 516 g/mol. The Hall–Kier alpha value is -6.17. The molecule has 0 radical (unpaired) electrons. The molecule has 5 nitrogen and oxygen atoms in total. The van der Waals surface area contributed by atoms with Crippen LogP contribution in [0.5, 0.6) is 0 Å². The normalized spacial score (nSPS) is 11.3. The number of para-hydroxylation sites is 2. The standard InChI is InChI=1S/C37H20N4O/c38-19-23-13-24(20-39)15-26(14-23)28-16-27(21-40-22-28)25-9-11-36-32(17-25)33-18-29(10-12-37(33)42-36)41-34-7-3-1-5-30(34)31-6-2-4-8-35(31)41/h1-18,21-22H. The number of hydrogen-bond acceptors (Lipinski definition) is 4. The first kappa shape index (κ1) is 23.7. The maximum Gasteiger partial charge on any atom is 0.135 e. The van der Waals surface area contributed by atoms with Crippen LogP contribution in [0, 0.1) is 22.7 Å². The van der Waals surface area contributed by atoms with Crippen molar-refractivity contribution in [1.82, 2.24) is 9.55 Å². The van der Waals surface area contributed by atoms with Crippen LogP contribution in [0.2, 0.25) is 0 Å². The van der Waals surface area contributed by atoms with Gasteiger partial charge in [-0.3, -0.25) is 4.98 Å². The van der Waals surface area contributed by atoms with Crippen LogP contribution in [-0.4, -0.2) is 9.55 Å². The van der Waals surface area contributed by atoms with Gasteiger partial charge in [-0.2, -0.15) is 10.5 Å². The van der Waals surface area contributed by atoms with Crippen molar-refractivity contribution in [3.63, 3.8) is 0 Å². The summed E-state index contributed by atoms with van der Waals surface area (Å²) in [5, 5.41) is 23.4. The molecule has 0 aliphatic rings. The summed E-state index contributed by atoms with van der Waals surface area (Å²) in [6.07, 6.45) is 3.58. The van der Waals surface area contributed by atoms with E-state index in [-0.39, 0.29) is 0 Å². The molecule has 0 saturated heterocycles.